The van der Waals surface area contributed by atoms with E-state index in [1.807, 2.05) is 24.3 Å². The predicted octanol–water partition coefficient (Wildman–Crippen LogP) is 6.02. The van der Waals surface area contributed by atoms with Gasteiger partial charge in [0.2, 0.25) is 0 Å². The summed E-state index contributed by atoms with van der Waals surface area (Å²) in [6, 6.07) is 21.4. The number of ketones is 1. The fraction of sp³-hybridized carbons (Fsp3) is 0.258. The molecule has 2 amide bonds. The lowest BCUT2D eigenvalue weighted by molar-refractivity contribution is 0.0635. The number of anilines is 3. The molecule has 8 heteroatoms. The topological polar surface area (TPSA) is 97.0 Å². The van der Waals surface area contributed by atoms with Crippen molar-refractivity contribution in [2.24, 2.45) is 0 Å². The highest BCUT2D eigenvalue weighted by Gasteiger charge is 2.18. The average Bonchev–Trinajstić information content (AvgIpc) is 2.92. The van der Waals surface area contributed by atoms with Gasteiger partial charge in [-0.05, 0) is 80.9 Å². The minimum Gasteiger partial charge on any atom is -0.444 e. The molecule has 1 heterocycles. The van der Waals surface area contributed by atoms with Crippen LogP contribution in [0.3, 0.4) is 0 Å². The molecule has 0 aliphatic carbocycles. The highest BCUT2D eigenvalue weighted by atomic mass is 16.6. The molecular formula is C31H33N3O5. The molecule has 3 aromatic carbocycles. The van der Waals surface area contributed by atoms with E-state index >= 15 is 0 Å². The van der Waals surface area contributed by atoms with Gasteiger partial charge in [-0.2, -0.15) is 0 Å². The number of nitrogens with one attached hydrogen (secondary N) is 2. The van der Waals surface area contributed by atoms with E-state index in [0.29, 0.717) is 35.7 Å². The minimum atomic E-state index is -0.642. The largest absolute Gasteiger partial charge is 0.444 e. The van der Waals surface area contributed by atoms with Gasteiger partial charge in [0.25, 0.3) is 5.91 Å². The molecule has 8 nitrogen and oxygen atoms in total. The molecule has 0 radical (unpaired) electrons. The van der Waals surface area contributed by atoms with Crippen molar-refractivity contribution < 1.29 is 23.9 Å². The van der Waals surface area contributed by atoms with Crippen LogP contribution in [-0.2, 0) is 9.47 Å². The Bertz CT molecular complexity index is 1340. The van der Waals surface area contributed by atoms with Gasteiger partial charge >= 0.3 is 6.09 Å². The quantitative estimate of drug-likeness (QED) is 0.288. The van der Waals surface area contributed by atoms with Gasteiger partial charge in [-0.1, -0.05) is 30.3 Å². The number of rotatable bonds is 7. The Kier molecular flexibility index (Phi) is 8.78. The van der Waals surface area contributed by atoms with E-state index in [9.17, 15) is 14.4 Å². The monoisotopic (exact) mass is 527 g/mol. The number of hydrogen-bond donors (Lipinski definition) is 2. The van der Waals surface area contributed by atoms with Crippen molar-refractivity contribution in [2.45, 2.75) is 26.4 Å². The fourth-order valence-corrected chi connectivity index (χ4v) is 3.98. The van der Waals surface area contributed by atoms with E-state index < -0.39 is 11.7 Å². The van der Waals surface area contributed by atoms with Gasteiger partial charge in [0.05, 0.1) is 24.6 Å². The van der Waals surface area contributed by atoms with Crippen LogP contribution in [0.2, 0.25) is 0 Å². The maximum Gasteiger partial charge on any atom is 0.412 e. The smallest absolute Gasteiger partial charge is 0.412 e. The van der Waals surface area contributed by atoms with Crippen LogP contribution in [0.5, 0.6) is 0 Å². The number of ether oxygens (including phenoxy) is 2. The number of nitrogens with zero attached hydrogens (tertiary/aromatic N) is 1. The van der Waals surface area contributed by atoms with E-state index in [1.54, 1.807) is 75.4 Å². The second kappa shape index (κ2) is 12.4. The molecule has 3 aromatic rings. The van der Waals surface area contributed by atoms with Crippen LogP contribution >= 0.6 is 0 Å². The van der Waals surface area contributed by atoms with Crippen LogP contribution in [0.4, 0.5) is 21.9 Å². The van der Waals surface area contributed by atoms with Gasteiger partial charge < -0.3 is 19.7 Å². The normalized spacial score (nSPS) is 13.7. The standard InChI is InChI=1S/C31H33N3O5/c1-31(2,3)39-30(37)33-27-7-5-4-6-26(27)32-29(36)24-11-8-22(9-12-24)10-17-28(35)23-13-15-25(16-14-23)34-18-20-38-21-19-34/h4-17H,18-21H2,1-3H3,(H,32,36)(H,33,37). The molecular weight excluding hydrogens is 494 g/mol. The van der Waals surface area contributed by atoms with Gasteiger partial charge in [0.1, 0.15) is 5.60 Å². The zero-order chi connectivity index (χ0) is 27.8. The molecule has 0 atom stereocenters. The maximum absolute atomic E-state index is 12.8. The number of benzene rings is 3. The minimum absolute atomic E-state index is 0.0977. The van der Waals surface area contributed by atoms with Crippen LogP contribution in [0.15, 0.2) is 78.9 Å². The Morgan fingerprint density at radius 2 is 1.41 bits per heavy atom. The zero-order valence-electron chi connectivity index (χ0n) is 22.4. The van der Waals surface area contributed by atoms with Crippen LogP contribution < -0.4 is 15.5 Å². The summed E-state index contributed by atoms with van der Waals surface area (Å²) in [5.41, 5.74) is 3.14. The van der Waals surface area contributed by atoms with E-state index in [4.69, 9.17) is 9.47 Å². The zero-order valence-corrected chi connectivity index (χ0v) is 22.4. The molecule has 2 N–H and O–H groups in total. The van der Waals surface area contributed by atoms with Crippen molar-refractivity contribution in [3.05, 3.63) is 95.6 Å². The lowest BCUT2D eigenvalue weighted by Crippen LogP contribution is -2.36. The van der Waals surface area contributed by atoms with Crippen LogP contribution in [0.1, 0.15) is 47.1 Å². The molecule has 0 saturated carbocycles. The SMILES string of the molecule is CC(C)(C)OC(=O)Nc1ccccc1NC(=O)c1ccc(C=CC(=O)c2ccc(N3CCOCC3)cc2)cc1. The Morgan fingerprint density at radius 3 is 2.03 bits per heavy atom. The predicted molar refractivity (Wildman–Crippen MR) is 154 cm³/mol. The Morgan fingerprint density at radius 1 is 0.821 bits per heavy atom. The second-order valence-corrected chi connectivity index (χ2v) is 10.1. The lowest BCUT2D eigenvalue weighted by Gasteiger charge is -2.28. The highest BCUT2D eigenvalue weighted by Crippen LogP contribution is 2.23. The summed E-state index contributed by atoms with van der Waals surface area (Å²) >= 11 is 0. The third kappa shape index (κ3) is 8.02. The van der Waals surface area contributed by atoms with Gasteiger partial charge in [-0.3, -0.25) is 14.9 Å². The molecule has 0 bridgehead atoms. The van der Waals surface area contributed by atoms with Crippen LogP contribution in [0.25, 0.3) is 6.08 Å². The van der Waals surface area contributed by atoms with Gasteiger partial charge in [-0.15, -0.1) is 0 Å². The van der Waals surface area contributed by atoms with Crippen molar-refractivity contribution in [1.82, 2.24) is 0 Å². The number of carbonyl (C=O) groups is 3. The lowest BCUT2D eigenvalue weighted by atomic mass is 10.1. The van der Waals surface area contributed by atoms with Gasteiger partial charge in [0.15, 0.2) is 5.78 Å². The van der Waals surface area contributed by atoms with E-state index in [1.165, 1.54) is 6.08 Å². The maximum atomic E-state index is 12.8. The Hall–Kier alpha value is -4.43. The first kappa shape index (κ1) is 27.6. The molecule has 0 unspecified atom stereocenters. The average molecular weight is 528 g/mol. The molecule has 1 fully saturated rings. The van der Waals surface area contributed by atoms with E-state index in [-0.39, 0.29) is 11.7 Å². The molecule has 1 aliphatic heterocycles. The van der Waals surface area contributed by atoms with E-state index in [2.05, 4.69) is 15.5 Å². The number of para-hydroxylation sites is 2. The molecule has 0 spiro atoms. The number of hydrogen-bond acceptors (Lipinski definition) is 6. The third-order valence-electron chi connectivity index (χ3n) is 5.94. The fourth-order valence-electron chi connectivity index (χ4n) is 3.98. The summed E-state index contributed by atoms with van der Waals surface area (Å²) in [4.78, 5) is 39.9. The second-order valence-electron chi connectivity index (χ2n) is 10.1. The van der Waals surface area contributed by atoms with Crippen molar-refractivity contribution in [3.63, 3.8) is 0 Å². The summed E-state index contributed by atoms with van der Waals surface area (Å²) in [6.07, 6.45) is 2.64. The van der Waals surface area contributed by atoms with E-state index in [0.717, 1.165) is 24.3 Å². The summed E-state index contributed by atoms with van der Waals surface area (Å²) < 4.78 is 10.7. The van der Waals surface area contributed by atoms with Gasteiger partial charge in [-0.25, -0.2) is 4.79 Å². The van der Waals surface area contributed by atoms with Crippen molar-refractivity contribution in [1.29, 1.82) is 0 Å². The third-order valence-corrected chi connectivity index (χ3v) is 5.94. The Balaban J connectivity index is 1.35. The van der Waals surface area contributed by atoms with Crippen LogP contribution in [0, 0.1) is 0 Å². The molecule has 1 saturated heterocycles. The summed E-state index contributed by atoms with van der Waals surface area (Å²) in [5.74, 6) is -0.431. The van der Waals surface area contributed by atoms with Crippen molar-refractivity contribution in [2.75, 3.05) is 41.8 Å². The number of carbonyl (C=O) groups excluding carboxylic acids is 3. The highest BCUT2D eigenvalue weighted by molar-refractivity contribution is 6.08. The van der Waals surface area contributed by atoms with Crippen molar-refractivity contribution in [3.8, 4) is 0 Å². The first-order chi connectivity index (χ1) is 18.7. The summed E-state index contributed by atoms with van der Waals surface area (Å²) in [7, 11) is 0. The number of allylic oxidation sites excluding steroid dienone is 1. The van der Waals surface area contributed by atoms with Gasteiger partial charge in [0, 0.05) is 29.9 Å². The summed E-state index contributed by atoms with van der Waals surface area (Å²) in [6.45, 7) is 8.44. The Labute approximate surface area is 228 Å². The summed E-state index contributed by atoms with van der Waals surface area (Å²) in [5, 5.41) is 5.49. The molecule has 4 rings (SSSR count). The number of amides is 2. The molecule has 1 aliphatic rings. The molecule has 202 valence electrons. The first-order valence-electron chi connectivity index (χ1n) is 12.8. The molecule has 0 aromatic heterocycles. The van der Waals surface area contributed by atoms with Crippen LogP contribution in [-0.4, -0.2) is 49.7 Å². The van der Waals surface area contributed by atoms with Crippen molar-refractivity contribution >= 4 is 40.9 Å². The molecule has 39 heavy (non-hydrogen) atoms. The first-order valence-corrected chi connectivity index (χ1v) is 12.8. The number of morpholine rings is 1.